The normalized spacial score (nSPS) is 22.6. The Hall–Kier alpha value is -3.54. The summed E-state index contributed by atoms with van der Waals surface area (Å²) >= 11 is 0. The molecule has 0 bridgehead atoms. The zero-order chi connectivity index (χ0) is 27.1. The van der Waals surface area contributed by atoms with E-state index in [9.17, 15) is 24.4 Å². The first-order chi connectivity index (χ1) is 18.4. The molecule has 2 N–H and O–H groups in total. The molecule has 12 heteroatoms. The van der Waals surface area contributed by atoms with E-state index in [1.807, 2.05) is 30.3 Å². The molecule has 1 unspecified atom stereocenters. The van der Waals surface area contributed by atoms with Crippen LogP contribution >= 0.6 is 0 Å². The average Bonchev–Trinajstić information content (AvgIpc) is 2.96. The Bertz CT molecular complexity index is 979. The Kier molecular flexibility index (Phi) is 9.27. The van der Waals surface area contributed by atoms with Crippen molar-refractivity contribution in [3.63, 3.8) is 0 Å². The summed E-state index contributed by atoms with van der Waals surface area (Å²) in [4.78, 5) is 57.7. The summed E-state index contributed by atoms with van der Waals surface area (Å²) in [6.45, 7) is 3.75. The third kappa shape index (κ3) is 6.29. The molecule has 2 heterocycles. The van der Waals surface area contributed by atoms with E-state index >= 15 is 0 Å². The molecule has 4 rings (SSSR count). The average molecular weight is 532 g/mol. The lowest BCUT2D eigenvalue weighted by Crippen LogP contribution is -2.67. The van der Waals surface area contributed by atoms with Crippen LogP contribution in [0.1, 0.15) is 45.4 Å². The molecule has 208 valence electrons. The highest BCUT2D eigenvalue weighted by atomic mass is 16.6. The molecule has 1 aromatic carbocycles. The molecule has 1 saturated carbocycles. The molecule has 3 fully saturated rings. The van der Waals surface area contributed by atoms with E-state index in [1.165, 1.54) is 9.80 Å². The van der Waals surface area contributed by atoms with Crippen LogP contribution in [-0.4, -0.2) is 102 Å². The molecule has 2 atom stereocenters. The molecule has 0 spiro atoms. The van der Waals surface area contributed by atoms with Gasteiger partial charge < -0.3 is 24.2 Å². The van der Waals surface area contributed by atoms with Gasteiger partial charge in [0.1, 0.15) is 12.1 Å². The van der Waals surface area contributed by atoms with Gasteiger partial charge in [0, 0.05) is 45.0 Å². The molecule has 0 radical (unpaired) electrons. The molecule has 2 saturated heterocycles. The number of amides is 4. The van der Waals surface area contributed by atoms with E-state index in [0.717, 1.165) is 42.7 Å². The Morgan fingerprint density at radius 1 is 0.868 bits per heavy atom. The van der Waals surface area contributed by atoms with Crippen molar-refractivity contribution in [2.24, 2.45) is 0 Å². The lowest BCUT2D eigenvalue weighted by Gasteiger charge is -2.45. The molecule has 0 aromatic heterocycles. The summed E-state index contributed by atoms with van der Waals surface area (Å²) in [5, 5.41) is 9.40. The van der Waals surface area contributed by atoms with Crippen LogP contribution in [0.3, 0.4) is 0 Å². The zero-order valence-electron chi connectivity index (χ0n) is 21.8. The zero-order valence-corrected chi connectivity index (χ0v) is 21.8. The maximum absolute atomic E-state index is 13.1. The van der Waals surface area contributed by atoms with Crippen molar-refractivity contribution in [2.45, 2.75) is 63.6 Å². The van der Waals surface area contributed by atoms with E-state index < -0.39 is 36.3 Å². The van der Waals surface area contributed by atoms with Crippen molar-refractivity contribution in [2.75, 3.05) is 44.2 Å². The van der Waals surface area contributed by atoms with Gasteiger partial charge in [-0.2, -0.15) is 0 Å². The minimum absolute atomic E-state index is 0.0533. The number of anilines is 1. The van der Waals surface area contributed by atoms with Crippen molar-refractivity contribution >= 4 is 29.9 Å². The third-order valence-electron chi connectivity index (χ3n) is 7.60. The third-order valence-corrected chi connectivity index (χ3v) is 7.60. The monoisotopic (exact) mass is 531 g/mol. The van der Waals surface area contributed by atoms with E-state index in [1.54, 1.807) is 12.4 Å². The first-order valence-corrected chi connectivity index (χ1v) is 13.4. The summed E-state index contributed by atoms with van der Waals surface area (Å²) in [5.74, 6) is -0.868. The Balaban J connectivity index is 1.37. The fourth-order valence-corrected chi connectivity index (χ4v) is 5.53. The number of nitrogens with one attached hydrogen (secondary N) is 1. The van der Waals surface area contributed by atoms with Gasteiger partial charge in [0.25, 0.3) is 5.91 Å². The van der Waals surface area contributed by atoms with E-state index in [4.69, 9.17) is 9.47 Å². The molecule has 4 amide bonds. The Labute approximate surface area is 222 Å². The van der Waals surface area contributed by atoms with Crippen LogP contribution < -0.4 is 10.4 Å². The number of carbonyl (C=O) groups is 4. The number of rotatable bonds is 4. The number of piperazine rings is 2. The van der Waals surface area contributed by atoms with Gasteiger partial charge >= 0.3 is 18.3 Å². The quantitative estimate of drug-likeness (QED) is 0.344. The van der Waals surface area contributed by atoms with Gasteiger partial charge in [0.15, 0.2) is 0 Å². The van der Waals surface area contributed by atoms with Crippen LogP contribution in [0.5, 0.6) is 0 Å². The highest BCUT2D eigenvalue weighted by Gasteiger charge is 2.46. The van der Waals surface area contributed by atoms with Crippen molar-refractivity contribution in [3.8, 4) is 0 Å². The topological polar surface area (TPSA) is 132 Å². The second-order valence-corrected chi connectivity index (χ2v) is 9.87. The summed E-state index contributed by atoms with van der Waals surface area (Å²) in [5.41, 5.74) is 2.65. The maximum Gasteiger partial charge on any atom is 0.419 e. The van der Waals surface area contributed by atoms with Crippen LogP contribution in [0.2, 0.25) is 0 Å². The smallest absolute Gasteiger partial charge is 0.419 e. The van der Waals surface area contributed by atoms with Gasteiger partial charge in [-0.1, -0.05) is 31.5 Å². The predicted molar refractivity (Wildman–Crippen MR) is 137 cm³/mol. The van der Waals surface area contributed by atoms with Crippen molar-refractivity contribution in [1.29, 1.82) is 0 Å². The highest BCUT2D eigenvalue weighted by molar-refractivity contribution is 5.90. The SMILES string of the molecule is CCC1[C@@H](C(=O)NO)N(C(=O)OC(=O)N2CCN(c3ccccc3)CC2)CCN1C(=O)OC1CCCCC1. The number of nitrogens with zero attached hydrogens (tertiary/aromatic N) is 4. The van der Waals surface area contributed by atoms with Gasteiger partial charge in [-0.15, -0.1) is 0 Å². The molecule has 3 aliphatic rings. The summed E-state index contributed by atoms with van der Waals surface area (Å²) in [6, 6.07) is 7.84. The largest absolute Gasteiger partial charge is 0.446 e. The van der Waals surface area contributed by atoms with Crippen LogP contribution in [0.15, 0.2) is 30.3 Å². The van der Waals surface area contributed by atoms with Gasteiger partial charge in [0.05, 0.1) is 6.04 Å². The molecular formula is C26H37N5O7. The standard InChI is InChI=1S/C26H37N5O7/c1-2-21-22(23(32)27-36)31(18-17-30(21)25(34)37-20-11-7-4-8-12-20)26(35)38-24(33)29-15-13-28(14-16-29)19-9-5-3-6-10-19/h3,5-6,9-10,20-22,36H,2,4,7-8,11-18H2,1H3,(H,27,32)/t21?,22-/m0/s1. The van der Waals surface area contributed by atoms with Crippen molar-refractivity contribution < 1.29 is 33.9 Å². The number of hydroxylamine groups is 1. The molecule has 38 heavy (non-hydrogen) atoms. The van der Waals surface area contributed by atoms with Crippen molar-refractivity contribution in [1.82, 2.24) is 20.2 Å². The summed E-state index contributed by atoms with van der Waals surface area (Å²) < 4.78 is 10.9. The molecular weight excluding hydrogens is 494 g/mol. The van der Waals surface area contributed by atoms with E-state index in [2.05, 4.69) is 4.90 Å². The lowest BCUT2D eigenvalue weighted by molar-refractivity contribution is -0.138. The van der Waals surface area contributed by atoms with E-state index in [0.29, 0.717) is 32.6 Å². The molecule has 1 aromatic rings. The first kappa shape index (κ1) is 27.5. The Morgan fingerprint density at radius 2 is 1.53 bits per heavy atom. The minimum Gasteiger partial charge on any atom is -0.446 e. The number of ether oxygens (including phenoxy) is 2. The number of hydrogen-bond donors (Lipinski definition) is 2. The summed E-state index contributed by atoms with van der Waals surface area (Å²) in [7, 11) is 0. The fourth-order valence-electron chi connectivity index (χ4n) is 5.53. The first-order valence-electron chi connectivity index (χ1n) is 13.4. The molecule has 12 nitrogen and oxygen atoms in total. The van der Waals surface area contributed by atoms with Gasteiger partial charge in [-0.25, -0.2) is 19.9 Å². The predicted octanol–water partition coefficient (Wildman–Crippen LogP) is 2.80. The molecule has 1 aliphatic carbocycles. The van der Waals surface area contributed by atoms with Crippen LogP contribution in [-0.2, 0) is 14.3 Å². The number of para-hydroxylation sites is 1. The lowest BCUT2D eigenvalue weighted by atomic mass is 9.97. The van der Waals surface area contributed by atoms with Crippen molar-refractivity contribution in [3.05, 3.63) is 30.3 Å². The minimum atomic E-state index is -1.24. The van der Waals surface area contributed by atoms with Gasteiger partial charge in [0.2, 0.25) is 0 Å². The summed E-state index contributed by atoms with van der Waals surface area (Å²) in [6.07, 6.45) is 2.55. The number of benzene rings is 1. The number of hydrogen-bond acceptors (Lipinski definition) is 8. The van der Waals surface area contributed by atoms with Gasteiger partial charge in [-0.3, -0.25) is 14.9 Å². The van der Waals surface area contributed by atoms with Crippen LogP contribution in [0, 0.1) is 0 Å². The second-order valence-electron chi connectivity index (χ2n) is 9.87. The van der Waals surface area contributed by atoms with Crippen LogP contribution in [0.25, 0.3) is 0 Å². The highest BCUT2D eigenvalue weighted by Crippen LogP contribution is 2.26. The van der Waals surface area contributed by atoms with E-state index in [-0.39, 0.29) is 19.2 Å². The maximum atomic E-state index is 13.1. The Morgan fingerprint density at radius 3 is 2.16 bits per heavy atom. The van der Waals surface area contributed by atoms with Gasteiger partial charge in [-0.05, 0) is 44.2 Å². The fraction of sp³-hybridized carbons (Fsp3) is 0.615. The molecule has 2 aliphatic heterocycles. The second kappa shape index (κ2) is 12.8. The number of carbonyl (C=O) groups excluding carboxylic acids is 4. The van der Waals surface area contributed by atoms with Crippen LogP contribution in [0.4, 0.5) is 20.1 Å².